The zero-order chi connectivity index (χ0) is 29.1. The van der Waals surface area contributed by atoms with E-state index in [0.29, 0.717) is 41.2 Å². The Kier molecular flexibility index (Phi) is 7.76. The van der Waals surface area contributed by atoms with Crippen molar-refractivity contribution in [3.63, 3.8) is 0 Å². The van der Waals surface area contributed by atoms with Crippen molar-refractivity contribution in [1.82, 2.24) is 35.2 Å². The van der Waals surface area contributed by atoms with Gasteiger partial charge < -0.3 is 20.4 Å². The first-order valence-electron chi connectivity index (χ1n) is 13.5. The van der Waals surface area contributed by atoms with Gasteiger partial charge in [0.25, 0.3) is 0 Å². The average Bonchev–Trinajstić information content (AvgIpc) is 3.52. The van der Waals surface area contributed by atoms with Crippen molar-refractivity contribution >= 4 is 34.1 Å². The molecule has 0 aliphatic carbocycles. The normalized spacial score (nSPS) is 11.1. The number of hydrogen-bond donors (Lipinski definition) is 3. The van der Waals surface area contributed by atoms with Gasteiger partial charge in [-0.25, -0.2) is 19.9 Å². The van der Waals surface area contributed by atoms with Crippen LogP contribution in [0.15, 0.2) is 79.3 Å². The molecular weight excluding hydrogens is 548 g/mol. The fourth-order valence-electron chi connectivity index (χ4n) is 4.94. The number of halogens is 1. The zero-order valence-electron chi connectivity index (χ0n) is 23.4. The largest absolute Gasteiger partial charge is 0.481 e. The van der Waals surface area contributed by atoms with Crippen molar-refractivity contribution < 1.29 is 4.74 Å². The van der Waals surface area contributed by atoms with Crippen molar-refractivity contribution in [2.75, 3.05) is 12.4 Å². The van der Waals surface area contributed by atoms with Crippen LogP contribution in [0.5, 0.6) is 5.88 Å². The molecule has 0 radical (unpaired) electrons. The molecular formula is C32H29ClN8O. The molecule has 6 aromatic rings. The van der Waals surface area contributed by atoms with Crippen LogP contribution >= 0.6 is 11.6 Å². The van der Waals surface area contributed by atoms with Crippen molar-refractivity contribution in [2.45, 2.75) is 26.9 Å². The fraction of sp³-hybridized carbons (Fsp3) is 0.156. The number of aryl methyl sites for hydroxylation is 1. The number of H-pyrrole nitrogens is 1. The molecule has 4 heterocycles. The second-order valence-corrected chi connectivity index (χ2v) is 10.1. The number of nitrogens with zero attached hydrogens (tertiary/aromatic N) is 5. The molecule has 2 aromatic carbocycles. The van der Waals surface area contributed by atoms with Gasteiger partial charge >= 0.3 is 0 Å². The third-order valence-corrected chi connectivity index (χ3v) is 7.42. The van der Waals surface area contributed by atoms with Crippen LogP contribution in [-0.4, -0.2) is 37.0 Å². The second-order valence-electron chi connectivity index (χ2n) is 9.77. The number of ether oxygens (including phenoxy) is 1. The van der Waals surface area contributed by atoms with Gasteiger partial charge in [0.15, 0.2) is 5.82 Å². The number of rotatable bonds is 9. The first-order chi connectivity index (χ1) is 20.5. The lowest BCUT2D eigenvalue weighted by molar-refractivity contribution is 0.391. The summed E-state index contributed by atoms with van der Waals surface area (Å²) in [7, 11) is 1.62. The summed E-state index contributed by atoms with van der Waals surface area (Å²) in [5.74, 6) is 2.75. The van der Waals surface area contributed by atoms with Crippen LogP contribution in [0.25, 0.3) is 33.4 Å². The highest BCUT2D eigenvalue weighted by molar-refractivity contribution is 6.36. The molecule has 0 saturated carbocycles. The van der Waals surface area contributed by atoms with E-state index in [4.69, 9.17) is 21.3 Å². The van der Waals surface area contributed by atoms with Gasteiger partial charge in [0, 0.05) is 47.5 Å². The molecule has 0 spiro atoms. The highest BCUT2D eigenvalue weighted by Crippen LogP contribution is 2.39. The lowest BCUT2D eigenvalue weighted by Crippen LogP contribution is -2.14. The van der Waals surface area contributed by atoms with Crippen LogP contribution in [0.1, 0.15) is 22.8 Å². The summed E-state index contributed by atoms with van der Waals surface area (Å²) in [6.07, 6.45) is 5.28. The summed E-state index contributed by atoms with van der Waals surface area (Å²) in [6.45, 7) is 5.14. The van der Waals surface area contributed by atoms with Gasteiger partial charge in [-0.05, 0) is 49.2 Å². The number of aromatic amines is 1. The summed E-state index contributed by atoms with van der Waals surface area (Å²) in [5, 5.41) is 7.46. The van der Waals surface area contributed by atoms with Crippen LogP contribution in [0, 0.1) is 13.8 Å². The van der Waals surface area contributed by atoms with Crippen molar-refractivity contribution in [3.8, 4) is 28.3 Å². The zero-order valence-corrected chi connectivity index (χ0v) is 24.2. The van der Waals surface area contributed by atoms with Crippen LogP contribution in [-0.2, 0) is 13.1 Å². The van der Waals surface area contributed by atoms with E-state index >= 15 is 0 Å². The lowest BCUT2D eigenvalue weighted by atomic mass is 9.96. The summed E-state index contributed by atoms with van der Waals surface area (Å²) in [5.41, 5.74) is 7.84. The molecule has 6 rings (SSSR count). The summed E-state index contributed by atoms with van der Waals surface area (Å²) >= 11 is 7.08. The van der Waals surface area contributed by atoms with Gasteiger partial charge in [0.1, 0.15) is 17.2 Å². The minimum absolute atomic E-state index is 0.546. The lowest BCUT2D eigenvalue weighted by Gasteiger charge is -2.17. The van der Waals surface area contributed by atoms with Crippen molar-refractivity contribution in [2.24, 2.45) is 0 Å². The number of aromatic nitrogens is 6. The first kappa shape index (κ1) is 27.3. The Morgan fingerprint density at radius 2 is 1.67 bits per heavy atom. The quantitative estimate of drug-likeness (QED) is 0.172. The minimum atomic E-state index is 0.546. The molecule has 4 aromatic heterocycles. The van der Waals surface area contributed by atoms with Crippen LogP contribution < -0.4 is 15.4 Å². The Bertz CT molecular complexity index is 1870. The van der Waals surface area contributed by atoms with E-state index in [-0.39, 0.29) is 0 Å². The van der Waals surface area contributed by atoms with Gasteiger partial charge in [-0.3, -0.25) is 4.98 Å². The van der Waals surface area contributed by atoms with Crippen molar-refractivity contribution in [3.05, 3.63) is 107 Å². The number of imidazole rings is 1. The third kappa shape index (κ3) is 5.52. The Balaban J connectivity index is 1.30. The minimum Gasteiger partial charge on any atom is -0.481 e. The number of pyridine rings is 2. The molecule has 0 aliphatic rings. The number of hydrogen-bond acceptors (Lipinski definition) is 8. The highest BCUT2D eigenvalue weighted by atomic mass is 35.5. The van der Waals surface area contributed by atoms with E-state index in [9.17, 15) is 0 Å². The maximum atomic E-state index is 7.08. The molecule has 10 heteroatoms. The average molecular weight is 577 g/mol. The van der Waals surface area contributed by atoms with E-state index in [1.54, 1.807) is 25.7 Å². The highest BCUT2D eigenvalue weighted by Gasteiger charge is 2.17. The molecule has 0 saturated heterocycles. The molecule has 0 atom stereocenters. The molecule has 0 aliphatic heterocycles. The van der Waals surface area contributed by atoms with E-state index in [0.717, 1.165) is 50.5 Å². The van der Waals surface area contributed by atoms with Crippen LogP contribution in [0.4, 0.5) is 11.5 Å². The standard InChI is InChI=1S/C32H29ClN8O/c1-19-22(7-5-10-25(19)40-31-30-27(11-6-14-37-30)38-20(2)39-31)23-8-4-9-24(29(23)33)26-13-12-21(32(41-26)42-3)17-34-18-28-35-15-16-36-28/h4-16,34H,17-18H2,1-3H3,(H,35,36)(H,38,39,40). The fourth-order valence-corrected chi connectivity index (χ4v) is 5.26. The predicted octanol–water partition coefficient (Wildman–Crippen LogP) is 6.79. The number of nitrogens with one attached hydrogen (secondary N) is 3. The summed E-state index contributed by atoms with van der Waals surface area (Å²) in [4.78, 5) is 25.8. The summed E-state index contributed by atoms with van der Waals surface area (Å²) < 4.78 is 5.64. The molecule has 0 amide bonds. The molecule has 210 valence electrons. The number of benzene rings is 2. The number of fused-ring (bicyclic) bond motifs is 1. The molecule has 0 bridgehead atoms. The maximum absolute atomic E-state index is 7.08. The maximum Gasteiger partial charge on any atom is 0.218 e. The Morgan fingerprint density at radius 3 is 2.50 bits per heavy atom. The van der Waals surface area contributed by atoms with E-state index < -0.39 is 0 Å². The number of anilines is 2. The van der Waals surface area contributed by atoms with Gasteiger partial charge in [-0.2, -0.15) is 0 Å². The van der Waals surface area contributed by atoms with Crippen LogP contribution in [0.2, 0.25) is 5.02 Å². The smallest absolute Gasteiger partial charge is 0.218 e. The second kappa shape index (κ2) is 11.9. The van der Waals surface area contributed by atoms with Gasteiger partial charge in [0.2, 0.25) is 5.88 Å². The van der Waals surface area contributed by atoms with Crippen molar-refractivity contribution in [1.29, 1.82) is 0 Å². The van der Waals surface area contributed by atoms with E-state index in [2.05, 4.69) is 48.5 Å². The van der Waals surface area contributed by atoms with Gasteiger partial charge in [-0.1, -0.05) is 48.0 Å². The van der Waals surface area contributed by atoms with E-state index in [1.165, 1.54) is 0 Å². The number of methoxy groups -OCH3 is 1. The Hall–Kier alpha value is -4.86. The molecule has 0 unspecified atom stereocenters. The Morgan fingerprint density at radius 1 is 0.833 bits per heavy atom. The SMILES string of the molecule is COc1nc(-c2cccc(-c3cccc(Nc4nc(C)nc5cccnc45)c3C)c2Cl)ccc1CNCc1ncc[nH]1. The topological polar surface area (TPSA) is 114 Å². The molecule has 42 heavy (non-hydrogen) atoms. The Labute approximate surface area is 248 Å². The van der Waals surface area contributed by atoms with Gasteiger partial charge in [0.05, 0.1) is 29.9 Å². The van der Waals surface area contributed by atoms with Crippen LogP contribution in [0.3, 0.4) is 0 Å². The monoisotopic (exact) mass is 576 g/mol. The summed E-state index contributed by atoms with van der Waals surface area (Å²) in [6, 6.07) is 19.9. The molecule has 3 N–H and O–H groups in total. The van der Waals surface area contributed by atoms with Gasteiger partial charge in [-0.15, -0.1) is 0 Å². The molecule has 9 nitrogen and oxygen atoms in total. The molecule has 0 fully saturated rings. The predicted molar refractivity (Wildman–Crippen MR) is 166 cm³/mol. The van der Waals surface area contributed by atoms with E-state index in [1.807, 2.05) is 61.5 Å². The first-order valence-corrected chi connectivity index (χ1v) is 13.9. The third-order valence-electron chi connectivity index (χ3n) is 7.01.